The average Bonchev–Trinajstić information content (AvgIpc) is 3.18. The van der Waals surface area contributed by atoms with Crippen LogP contribution in [0, 0.1) is 17.2 Å². The van der Waals surface area contributed by atoms with E-state index in [0.29, 0.717) is 13.0 Å². The number of nitrogens with one attached hydrogen (secondary N) is 2. The predicted molar refractivity (Wildman–Crippen MR) is 115 cm³/mol. The molecule has 31 heavy (non-hydrogen) atoms. The van der Waals surface area contributed by atoms with Gasteiger partial charge in [-0.3, -0.25) is 4.79 Å². The molecule has 0 aliphatic carbocycles. The van der Waals surface area contributed by atoms with Gasteiger partial charge < -0.3 is 30.2 Å². The maximum atomic E-state index is 12.7. The molecule has 9 nitrogen and oxygen atoms in total. The lowest BCUT2D eigenvalue weighted by atomic mass is 10.1. The molecule has 166 valence electrons. The van der Waals surface area contributed by atoms with Crippen LogP contribution in [-0.4, -0.2) is 59.6 Å². The lowest BCUT2D eigenvalue weighted by Gasteiger charge is -2.26. The Morgan fingerprint density at radius 3 is 2.68 bits per heavy atom. The minimum atomic E-state index is -2.03. The Bertz CT molecular complexity index is 810. The van der Waals surface area contributed by atoms with Gasteiger partial charge in [0.2, 0.25) is 0 Å². The van der Waals surface area contributed by atoms with Gasteiger partial charge in [0.15, 0.2) is 0 Å². The summed E-state index contributed by atoms with van der Waals surface area (Å²) in [5.74, 6) is -0.249. The lowest BCUT2D eigenvalue weighted by molar-refractivity contribution is -0.127. The molecule has 1 fully saturated rings. The highest BCUT2D eigenvalue weighted by atomic mass is 16.6. The van der Waals surface area contributed by atoms with E-state index in [1.807, 2.05) is 50.2 Å². The van der Waals surface area contributed by atoms with Gasteiger partial charge in [0.1, 0.15) is 17.9 Å². The maximum Gasteiger partial charge on any atom is 0.635 e. The Balaban J connectivity index is 1.93. The number of likely N-dealkylation sites (tertiary alicyclic amines) is 1. The summed E-state index contributed by atoms with van der Waals surface area (Å²) in [5, 5.41) is 32.8. The number of nitriles is 1. The first-order valence-electron chi connectivity index (χ1n) is 10.3. The van der Waals surface area contributed by atoms with Crippen LogP contribution < -0.4 is 10.6 Å². The molecule has 10 heteroatoms. The summed E-state index contributed by atoms with van der Waals surface area (Å²) in [6.45, 7) is 4.53. The number of amides is 3. The van der Waals surface area contributed by atoms with Crippen molar-refractivity contribution in [1.82, 2.24) is 15.5 Å². The number of carbonyl (C=O) groups is 2. The van der Waals surface area contributed by atoms with E-state index < -0.39 is 19.6 Å². The van der Waals surface area contributed by atoms with Crippen LogP contribution in [-0.2, 0) is 15.9 Å². The van der Waals surface area contributed by atoms with Gasteiger partial charge in [-0.1, -0.05) is 50.3 Å². The van der Waals surface area contributed by atoms with Gasteiger partial charge >= 0.3 is 13.4 Å². The van der Waals surface area contributed by atoms with Gasteiger partial charge in [-0.2, -0.15) is 5.26 Å². The summed E-state index contributed by atoms with van der Waals surface area (Å²) in [5.41, 5.74) is 0.960. The van der Waals surface area contributed by atoms with Crippen LogP contribution in [0.4, 0.5) is 4.79 Å². The highest BCUT2D eigenvalue weighted by Gasteiger charge is 2.31. The van der Waals surface area contributed by atoms with Gasteiger partial charge in [-0.15, -0.1) is 0 Å². The van der Waals surface area contributed by atoms with Crippen LogP contribution in [0.3, 0.4) is 0 Å². The molecule has 1 aliphatic heterocycles. The molecule has 1 aromatic rings. The third-order valence-electron chi connectivity index (χ3n) is 4.83. The zero-order valence-electron chi connectivity index (χ0n) is 17.8. The zero-order valence-corrected chi connectivity index (χ0v) is 17.8. The number of rotatable bonds is 9. The third-order valence-corrected chi connectivity index (χ3v) is 4.83. The fraction of sp³-hybridized carbons (Fsp3) is 0.476. The Morgan fingerprint density at radius 2 is 2.06 bits per heavy atom. The molecule has 1 aromatic carbocycles. The zero-order chi connectivity index (χ0) is 22.8. The van der Waals surface area contributed by atoms with E-state index in [4.69, 9.17) is 14.7 Å². The van der Waals surface area contributed by atoms with Crippen molar-refractivity contribution in [1.29, 1.82) is 5.26 Å². The Hall–Kier alpha value is -2.87. The smallest absolute Gasteiger partial charge is 0.402 e. The molecule has 0 saturated carbocycles. The summed E-state index contributed by atoms with van der Waals surface area (Å²) >= 11 is 0. The summed E-state index contributed by atoms with van der Waals surface area (Å²) in [6, 6.07) is 10.4. The van der Waals surface area contributed by atoms with Gasteiger partial charge in [0.05, 0.1) is 0 Å². The number of urea groups is 1. The number of nitrogens with zero attached hydrogens (tertiary/aromatic N) is 2. The molecular formula is C21H29BN4O5. The summed E-state index contributed by atoms with van der Waals surface area (Å²) in [4.78, 5) is 26.7. The number of hydrogen-bond donors (Lipinski definition) is 4. The average molecular weight is 428 g/mol. The van der Waals surface area contributed by atoms with E-state index >= 15 is 0 Å². The number of hydrogen-bond acceptors (Lipinski definition) is 6. The standard InChI is InChI=1S/C21H29BN4O5/c1-15(2)11-17(13-23)20(27)26-10-6-9-18(26)14-24-21(28)25-19(31-22(29)30)12-16-7-4-3-5-8-16/h3-5,7-8,11,15,18-19,29-30H,6,9-10,12,14H2,1-2H3,(H2,24,25,28)/t18-,19+/m0/s1. The third kappa shape index (κ3) is 8.05. The molecule has 1 heterocycles. The number of allylic oxidation sites excluding steroid dienone is 1. The second-order valence-electron chi connectivity index (χ2n) is 7.73. The number of carbonyl (C=O) groups excluding carboxylic acids is 2. The van der Waals surface area contributed by atoms with E-state index in [-0.39, 0.29) is 36.4 Å². The fourth-order valence-electron chi connectivity index (χ4n) is 3.48. The maximum absolute atomic E-state index is 12.7. The van der Waals surface area contributed by atoms with Gasteiger partial charge in [-0.25, -0.2) is 4.79 Å². The summed E-state index contributed by atoms with van der Waals surface area (Å²) < 4.78 is 4.97. The van der Waals surface area contributed by atoms with Crippen molar-refractivity contribution in [2.24, 2.45) is 5.92 Å². The van der Waals surface area contributed by atoms with Crippen LogP contribution in [0.2, 0.25) is 0 Å². The van der Waals surface area contributed by atoms with E-state index in [1.54, 1.807) is 11.0 Å². The van der Waals surface area contributed by atoms with E-state index in [1.165, 1.54) is 0 Å². The van der Waals surface area contributed by atoms with E-state index in [2.05, 4.69) is 10.6 Å². The first-order valence-corrected chi connectivity index (χ1v) is 10.3. The lowest BCUT2D eigenvalue weighted by Crippen LogP contribution is -2.50. The molecule has 0 spiro atoms. The van der Waals surface area contributed by atoms with Crippen molar-refractivity contribution in [3.05, 3.63) is 47.5 Å². The van der Waals surface area contributed by atoms with Crippen molar-refractivity contribution in [3.63, 3.8) is 0 Å². The normalized spacial score (nSPS) is 17.2. The van der Waals surface area contributed by atoms with E-state index in [0.717, 1.165) is 12.0 Å². The van der Waals surface area contributed by atoms with Crippen molar-refractivity contribution in [2.75, 3.05) is 13.1 Å². The van der Waals surface area contributed by atoms with Crippen LogP contribution >= 0.6 is 0 Å². The van der Waals surface area contributed by atoms with Crippen molar-refractivity contribution in [2.45, 2.75) is 45.4 Å². The molecule has 2 atom stereocenters. The Kier molecular flexibility index (Phi) is 9.53. The molecule has 1 aliphatic rings. The minimum Gasteiger partial charge on any atom is -0.402 e. The highest BCUT2D eigenvalue weighted by Crippen LogP contribution is 2.19. The topological polar surface area (TPSA) is 135 Å². The van der Waals surface area contributed by atoms with Gasteiger partial charge in [0.25, 0.3) is 5.91 Å². The van der Waals surface area contributed by atoms with Crippen LogP contribution in [0.15, 0.2) is 42.0 Å². The predicted octanol–water partition coefficient (Wildman–Crippen LogP) is 0.937. The fourth-order valence-corrected chi connectivity index (χ4v) is 3.48. The molecular weight excluding hydrogens is 399 g/mol. The summed E-state index contributed by atoms with van der Waals surface area (Å²) in [6.07, 6.45) is 2.43. The van der Waals surface area contributed by atoms with Gasteiger partial charge in [-0.05, 0) is 24.3 Å². The quantitative estimate of drug-likeness (QED) is 0.200. The monoisotopic (exact) mass is 428 g/mol. The molecule has 0 aromatic heterocycles. The second kappa shape index (κ2) is 12.1. The summed E-state index contributed by atoms with van der Waals surface area (Å²) in [7, 11) is -2.03. The van der Waals surface area contributed by atoms with Gasteiger partial charge in [0, 0.05) is 25.6 Å². The first kappa shape index (κ1) is 24.4. The molecule has 1 saturated heterocycles. The second-order valence-corrected chi connectivity index (χ2v) is 7.73. The molecule has 0 unspecified atom stereocenters. The van der Waals surface area contributed by atoms with Crippen molar-refractivity contribution >= 4 is 19.3 Å². The molecule has 3 amide bonds. The molecule has 4 N–H and O–H groups in total. The molecule has 2 rings (SSSR count). The Morgan fingerprint density at radius 1 is 1.35 bits per heavy atom. The van der Waals surface area contributed by atoms with Crippen LogP contribution in [0.25, 0.3) is 0 Å². The largest absolute Gasteiger partial charge is 0.635 e. The van der Waals surface area contributed by atoms with Crippen LogP contribution in [0.5, 0.6) is 0 Å². The minimum absolute atomic E-state index is 0.0759. The molecule has 0 bridgehead atoms. The number of benzene rings is 1. The highest BCUT2D eigenvalue weighted by molar-refractivity contribution is 6.32. The van der Waals surface area contributed by atoms with Crippen molar-refractivity contribution in [3.8, 4) is 6.07 Å². The van der Waals surface area contributed by atoms with Crippen LogP contribution in [0.1, 0.15) is 32.3 Å². The van der Waals surface area contributed by atoms with E-state index in [9.17, 15) is 14.9 Å². The van der Waals surface area contributed by atoms with Crippen molar-refractivity contribution < 1.29 is 24.3 Å². The molecule has 0 radical (unpaired) electrons. The first-order chi connectivity index (χ1) is 14.8. The SMILES string of the molecule is CC(C)C=C(C#N)C(=O)N1CCC[C@H]1CNC(=O)N[C@@H](Cc1ccccc1)OB(O)O. The Labute approximate surface area is 182 Å².